The van der Waals surface area contributed by atoms with Gasteiger partial charge in [0.25, 0.3) is 0 Å². The van der Waals surface area contributed by atoms with Crippen molar-refractivity contribution in [2.24, 2.45) is 0 Å². The van der Waals surface area contributed by atoms with Crippen molar-refractivity contribution in [1.29, 1.82) is 0 Å². The highest BCUT2D eigenvalue weighted by atomic mass is 35.5. The Kier molecular flexibility index (Phi) is 3.04. The van der Waals surface area contributed by atoms with E-state index in [2.05, 4.69) is 12.1 Å². The van der Waals surface area contributed by atoms with E-state index < -0.39 is 0 Å². The van der Waals surface area contributed by atoms with Crippen LogP contribution in [0.2, 0.25) is 5.02 Å². The zero-order valence-electron chi connectivity index (χ0n) is 9.54. The zero-order chi connectivity index (χ0) is 12.7. The van der Waals surface area contributed by atoms with Crippen molar-refractivity contribution >= 4 is 23.2 Å². The first kappa shape index (κ1) is 12.0. The third kappa shape index (κ3) is 1.92. The third-order valence-electron chi connectivity index (χ3n) is 3.50. The number of benzene rings is 2. The fraction of sp³-hybridized carbons (Fsp3) is 0.200. The van der Waals surface area contributed by atoms with E-state index in [1.54, 1.807) is 12.1 Å². The lowest BCUT2D eigenvalue weighted by Gasteiger charge is -2.12. The molecular weight excluding hydrogens is 270 g/mol. The molecule has 0 aromatic heterocycles. The van der Waals surface area contributed by atoms with Gasteiger partial charge in [-0.15, -0.1) is 11.6 Å². The van der Waals surface area contributed by atoms with Crippen LogP contribution in [-0.2, 0) is 0 Å². The van der Waals surface area contributed by atoms with Gasteiger partial charge < -0.3 is 0 Å². The maximum absolute atomic E-state index is 13.2. The average Bonchev–Trinajstić information content (AvgIpc) is 2.71. The van der Waals surface area contributed by atoms with Crippen LogP contribution < -0.4 is 0 Å². The molecule has 0 aliphatic heterocycles. The van der Waals surface area contributed by atoms with Crippen molar-refractivity contribution in [3.05, 3.63) is 70.0 Å². The van der Waals surface area contributed by atoms with Crippen molar-refractivity contribution in [2.45, 2.75) is 17.7 Å². The van der Waals surface area contributed by atoms with Gasteiger partial charge in [0, 0.05) is 5.92 Å². The minimum Gasteiger partial charge on any atom is -0.205 e. The van der Waals surface area contributed by atoms with Crippen molar-refractivity contribution in [3.63, 3.8) is 0 Å². The maximum Gasteiger partial charge on any atom is 0.141 e. The molecule has 2 aromatic rings. The zero-order valence-corrected chi connectivity index (χ0v) is 11.0. The van der Waals surface area contributed by atoms with Gasteiger partial charge in [0.2, 0.25) is 0 Å². The van der Waals surface area contributed by atoms with Gasteiger partial charge in [0.15, 0.2) is 0 Å². The van der Waals surface area contributed by atoms with Crippen molar-refractivity contribution in [1.82, 2.24) is 0 Å². The Bertz CT molecular complexity index is 595. The number of rotatable bonds is 1. The summed E-state index contributed by atoms with van der Waals surface area (Å²) in [5.74, 6) is -0.170. The Morgan fingerprint density at radius 3 is 2.50 bits per heavy atom. The molecule has 3 heteroatoms. The molecule has 1 aliphatic rings. The van der Waals surface area contributed by atoms with Crippen LogP contribution in [0.25, 0.3) is 0 Å². The molecule has 0 nitrogen and oxygen atoms in total. The molecule has 1 aliphatic carbocycles. The largest absolute Gasteiger partial charge is 0.205 e. The Morgan fingerprint density at radius 1 is 1.06 bits per heavy atom. The molecule has 0 saturated heterocycles. The molecule has 0 bridgehead atoms. The SMILES string of the molecule is Fc1ccc([C@@H]2C[C@H](Cl)c3ccccc32)cc1Cl. The lowest BCUT2D eigenvalue weighted by molar-refractivity contribution is 0.626. The normalized spacial score (nSPS) is 21.9. The first-order chi connectivity index (χ1) is 8.66. The van der Waals surface area contributed by atoms with Gasteiger partial charge in [0.05, 0.1) is 10.4 Å². The summed E-state index contributed by atoms with van der Waals surface area (Å²) in [6, 6.07) is 13.0. The summed E-state index contributed by atoms with van der Waals surface area (Å²) >= 11 is 12.2. The van der Waals surface area contributed by atoms with Gasteiger partial charge in [-0.25, -0.2) is 4.39 Å². The number of alkyl halides is 1. The lowest BCUT2D eigenvalue weighted by Crippen LogP contribution is -1.96. The van der Waals surface area contributed by atoms with Crippen LogP contribution in [-0.4, -0.2) is 0 Å². The molecule has 0 spiro atoms. The van der Waals surface area contributed by atoms with E-state index in [4.69, 9.17) is 23.2 Å². The second-order valence-electron chi connectivity index (χ2n) is 4.56. The van der Waals surface area contributed by atoms with Crippen LogP contribution in [0.4, 0.5) is 4.39 Å². The molecule has 0 amide bonds. The van der Waals surface area contributed by atoms with Gasteiger partial charge in [-0.05, 0) is 35.2 Å². The fourth-order valence-electron chi connectivity index (χ4n) is 2.62. The van der Waals surface area contributed by atoms with Crippen LogP contribution >= 0.6 is 23.2 Å². The van der Waals surface area contributed by atoms with E-state index in [0.717, 1.165) is 12.0 Å². The van der Waals surface area contributed by atoms with Gasteiger partial charge in [-0.2, -0.15) is 0 Å². The standard InChI is InChI=1S/C15H11Cl2F/c16-13-8-12(10-3-1-2-4-11(10)13)9-5-6-15(18)14(17)7-9/h1-7,12-13H,8H2/t12-,13-/m0/s1. The molecule has 2 aromatic carbocycles. The average molecular weight is 281 g/mol. The minimum atomic E-state index is -0.380. The summed E-state index contributed by atoms with van der Waals surface area (Å²) < 4.78 is 13.2. The topological polar surface area (TPSA) is 0 Å². The van der Waals surface area contributed by atoms with E-state index in [1.807, 2.05) is 12.1 Å². The van der Waals surface area contributed by atoms with Crippen molar-refractivity contribution < 1.29 is 4.39 Å². The van der Waals surface area contributed by atoms with Crippen LogP contribution in [0.5, 0.6) is 0 Å². The van der Waals surface area contributed by atoms with E-state index in [9.17, 15) is 4.39 Å². The Hall–Kier alpha value is -1.05. The summed E-state index contributed by atoms with van der Waals surface area (Å²) in [5, 5.41) is 0.193. The second kappa shape index (κ2) is 4.56. The van der Waals surface area contributed by atoms with Crippen LogP contribution in [0.1, 0.15) is 34.4 Å². The summed E-state index contributed by atoms with van der Waals surface area (Å²) in [4.78, 5) is 0. The fourth-order valence-corrected chi connectivity index (χ4v) is 3.19. The lowest BCUT2D eigenvalue weighted by atomic mass is 9.93. The van der Waals surface area contributed by atoms with E-state index >= 15 is 0 Å². The summed E-state index contributed by atoms with van der Waals surface area (Å²) in [6.45, 7) is 0. The van der Waals surface area contributed by atoms with E-state index in [1.165, 1.54) is 17.2 Å². The highest BCUT2D eigenvalue weighted by molar-refractivity contribution is 6.30. The highest BCUT2D eigenvalue weighted by Crippen LogP contribution is 2.47. The quantitative estimate of drug-likeness (QED) is 0.623. The molecular formula is C15H11Cl2F. The van der Waals surface area contributed by atoms with Crippen molar-refractivity contribution in [2.75, 3.05) is 0 Å². The third-order valence-corrected chi connectivity index (χ3v) is 4.20. The van der Waals surface area contributed by atoms with Gasteiger partial charge in [-0.1, -0.05) is 41.9 Å². The molecule has 0 N–H and O–H groups in total. The molecule has 0 saturated carbocycles. The molecule has 0 radical (unpaired) electrons. The van der Waals surface area contributed by atoms with Gasteiger partial charge >= 0.3 is 0 Å². The predicted molar refractivity (Wildman–Crippen MR) is 72.9 cm³/mol. The Morgan fingerprint density at radius 2 is 1.78 bits per heavy atom. The number of hydrogen-bond acceptors (Lipinski definition) is 0. The molecule has 2 atom stereocenters. The smallest absolute Gasteiger partial charge is 0.141 e. The molecule has 0 fully saturated rings. The minimum absolute atomic E-state index is 0.0232. The van der Waals surface area contributed by atoms with Crippen LogP contribution in [0.3, 0.4) is 0 Å². The molecule has 92 valence electrons. The molecule has 18 heavy (non-hydrogen) atoms. The van der Waals surface area contributed by atoms with Crippen LogP contribution in [0, 0.1) is 5.82 Å². The Labute approximate surface area is 115 Å². The monoisotopic (exact) mass is 280 g/mol. The molecule has 0 unspecified atom stereocenters. The second-order valence-corrected chi connectivity index (χ2v) is 5.49. The summed E-state index contributed by atoms with van der Waals surface area (Å²) in [7, 11) is 0. The van der Waals surface area contributed by atoms with Gasteiger partial charge in [-0.3, -0.25) is 0 Å². The number of fused-ring (bicyclic) bond motifs is 1. The van der Waals surface area contributed by atoms with E-state index in [0.29, 0.717) is 0 Å². The van der Waals surface area contributed by atoms with Crippen LogP contribution in [0.15, 0.2) is 42.5 Å². The number of halogens is 3. The van der Waals surface area contributed by atoms with Gasteiger partial charge in [0.1, 0.15) is 5.82 Å². The maximum atomic E-state index is 13.2. The molecule has 0 heterocycles. The van der Waals surface area contributed by atoms with E-state index in [-0.39, 0.29) is 22.1 Å². The predicted octanol–water partition coefficient (Wildman–Crippen LogP) is 5.29. The molecule has 3 rings (SSSR count). The van der Waals surface area contributed by atoms with Crippen molar-refractivity contribution in [3.8, 4) is 0 Å². The Balaban J connectivity index is 2.06. The first-order valence-electron chi connectivity index (χ1n) is 5.84. The number of hydrogen-bond donors (Lipinski definition) is 0. The summed E-state index contributed by atoms with van der Waals surface area (Å²) in [6.07, 6.45) is 0.836. The summed E-state index contributed by atoms with van der Waals surface area (Å²) in [5.41, 5.74) is 3.42. The highest BCUT2D eigenvalue weighted by Gasteiger charge is 2.30. The first-order valence-corrected chi connectivity index (χ1v) is 6.66.